The minimum atomic E-state index is -0.899. The summed E-state index contributed by atoms with van der Waals surface area (Å²) in [6.07, 6.45) is 0.996. The van der Waals surface area contributed by atoms with E-state index in [9.17, 15) is 9.59 Å². The molecule has 0 spiro atoms. The molecule has 3 N–H and O–H groups in total. The minimum Gasteiger partial charge on any atom is -0.481 e. The highest BCUT2D eigenvalue weighted by Crippen LogP contribution is 2.03. The van der Waals surface area contributed by atoms with E-state index in [0.29, 0.717) is 19.4 Å². The second-order valence-electron chi connectivity index (χ2n) is 4.49. The standard InChI is InChI=1S/C12H24N2O4/c1-4-10(11(16)17)8-13-12(18)14(9(2)3)6-5-7-15/h9-10,15H,4-8H2,1-3H3,(H,13,18)(H,16,17). The van der Waals surface area contributed by atoms with Gasteiger partial charge in [0.1, 0.15) is 0 Å². The Bertz CT molecular complexity index is 269. The van der Waals surface area contributed by atoms with Gasteiger partial charge in [-0.25, -0.2) is 4.79 Å². The van der Waals surface area contributed by atoms with E-state index in [1.807, 2.05) is 13.8 Å². The molecule has 6 heteroatoms. The van der Waals surface area contributed by atoms with E-state index < -0.39 is 11.9 Å². The smallest absolute Gasteiger partial charge is 0.317 e. The fourth-order valence-corrected chi connectivity index (χ4v) is 1.55. The fraction of sp³-hybridized carbons (Fsp3) is 0.833. The van der Waals surface area contributed by atoms with Crippen molar-refractivity contribution in [3.63, 3.8) is 0 Å². The van der Waals surface area contributed by atoms with Gasteiger partial charge in [-0.15, -0.1) is 0 Å². The number of hydrogen-bond acceptors (Lipinski definition) is 3. The molecule has 0 aliphatic carbocycles. The molecular weight excluding hydrogens is 236 g/mol. The van der Waals surface area contributed by atoms with Crippen LogP contribution < -0.4 is 5.32 Å². The van der Waals surface area contributed by atoms with E-state index in [2.05, 4.69) is 5.32 Å². The second kappa shape index (κ2) is 8.74. The molecule has 1 unspecified atom stereocenters. The summed E-state index contributed by atoms with van der Waals surface area (Å²) in [7, 11) is 0. The molecule has 0 aromatic heterocycles. The molecule has 0 aromatic rings. The van der Waals surface area contributed by atoms with Gasteiger partial charge in [-0.1, -0.05) is 6.92 Å². The number of nitrogens with zero attached hydrogens (tertiary/aromatic N) is 1. The number of carboxylic acids is 1. The average molecular weight is 260 g/mol. The maximum absolute atomic E-state index is 11.9. The molecule has 18 heavy (non-hydrogen) atoms. The number of amides is 2. The van der Waals surface area contributed by atoms with Gasteiger partial charge in [-0.2, -0.15) is 0 Å². The Morgan fingerprint density at radius 2 is 1.94 bits per heavy atom. The van der Waals surface area contributed by atoms with Gasteiger partial charge in [0.2, 0.25) is 0 Å². The SMILES string of the molecule is CCC(CNC(=O)N(CCCO)C(C)C)C(=O)O. The largest absolute Gasteiger partial charge is 0.481 e. The summed E-state index contributed by atoms with van der Waals surface area (Å²) in [6.45, 7) is 6.16. The highest BCUT2D eigenvalue weighted by molar-refractivity contribution is 5.76. The van der Waals surface area contributed by atoms with Gasteiger partial charge < -0.3 is 20.4 Å². The molecule has 0 heterocycles. The Balaban J connectivity index is 4.29. The number of nitrogens with one attached hydrogen (secondary N) is 1. The maximum Gasteiger partial charge on any atom is 0.317 e. The highest BCUT2D eigenvalue weighted by Gasteiger charge is 2.20. The molecular formula is C12H24N2O4. The molecule has 0 aromatic carbocycles. The molecule has 0 saturated carbocycles. The number of hydrogen-bond donors (Lipinski definition) is 3. The normalized spacial score (nSPS) is 12.3. The zero-order valence-corrected chi connectivity index (χ0v) is 11.3. The lowest BCUT2D eigenvalue weighted by molar-refractivity contribution is -0.141. The number of carbonyl (C=O) groups excluding carboxylic acids is 1. The van der Waals surface area contributed by atoms with Crippen molar-refractivity contribution in [1.29, 1.82) is 0 Å². The van der Waals surface area contributed by atoms with Crippen molar-refractivity contribution in [2.75, 3.05) is 19.7 Å². The summed E-state index contributed by atoms with van der Waals surface area (Å²) < 4.78 is 0. The Morgan fingerprint density at radius 3 is 2.33 bits per heavy atom. The molecule has 0 fully saturated rings. The molecule has 2 amide bonds. The molecule has 0 rings (SSSR count). The van der Waals surface area contributed by atoms with Gasteiger partial charge in [0.15, 0.2) is 0 Å². The van der Waals surface area contributed by atoms with Crippen LogP contribution in [-0.2, 0) is 4.79 Å². The summed E-state index contributed by atoms with van der Waals surface area (Å²) in [5, 5.41) is 20.3. The van der Waals surface area contributed by atoms with E-state index in [-0.39, 0.29) is 25.2 Å². The third-order valence-corrected chi connectivity index (χ3v) is 2.78. The summed E-state index contributed by atoms with van der Waals surface area (Å²) in [5.41, 5.74) is 0. The van der Waals surface area contributed by atoms with Crippen LogP contribution in [-0.4, -0.2) is 52.9 Å². The average Bonchev–Trinajstić information content (AvgIpc) is 2.29. The second-order valence-corrected chi connectivity index (χ2v) is 4.49. The first kappa shape index (κ1) is 16.7. The minimum absolute atomic E-state index is 0.0152. The summed E-state index contributed by atoms with van der Waals surface area (Å²) in [5.74, 6) is -1.45. The number of aliphatic hydroxyl groups excluding tert-OH is 1. The van der Waals surface area contributed by atoms with Crippen molar-refractivity contribution in [1.82, 2.24) is 10.2 Å². The molecule has 0 radical (unpaired) electrons. The van der Waals surface area contributed by atoms with Crippen molar-refractivity contribution >= 4 is 12.0 Å². The number of rotatable bonds is 8. The number of aliphatic hydroxyl groups is 1. The lowest BCUT2D eigenvalue weighted by Crippen LogP contribution is -2.46. The van der Waals surface area contributed by atoms with Crippen molar-refractivity contribution < 1.29 is 19.8 Å². The van der Waals surface area contributed by atoms with Gasteiger partial charge >= 0.3 is 12.0 Å². The van der Waals surface area contributed by atoms with E-state index in [0.717, 1.165) is 0 Å². The third kappa shape index (κ3) is 5.86. The molecule has 0 aliphatic rings. The maximum atomic E-state index is 11.9. The molecule has 6 nitrogen and oxygen atoms in total. The van der Waals surface area contributed by atoms with Gasteiger partial charge in [0.05, 0.1) is 5.92 Å². The van der Waals surface area contributed by atoms with E-state index in [4.69, 9.17) is 10.2 Å². The Kier molecular flexibility index (Phi) is 8.11. The Labute approximate surface area is 108 Å². The number of carbonyl (C=O) groups is 2. The number of carboxylic acid groups (broad SMARTS) is 1. The molecule has 1 atom stereocenters. The van der Waals surface area contributed by atoms with E-state index in [1.165, 1.54) is 0 Å². The first-order chi connectivity index (χ1) is 8.43. The van der Waals surface area contributed by atoms with Crippen LogP contribution in [0, 0.1) is 5.92 Å². The topological polar surface area (TPSA) is 89.9 Å². The summed E-state index contributed by atoms with van der Waals surface area (Å²) in [6, 6.07) is -0.264. The van der Waals surface area contributed by atoms with Gasteiger partial charge in [-0.3, -0.25) is 4.79 Å². The molecule has 106 valence electrons. The highest BCUT2D eigenvalue weighted by atomic mass is 16.4. The van der Waals surface area contributed by atoms with Gasteiger partial charge in [0.25, 0.3) is 0 Å². The van der Waals surface area contributed by atoms with Crippen LogP contribution in [0.1, 0.15) is 33.6 Å². The Hall–Kier alpha value is -1.30. The van der Waals surface area contributed by atoms with Crippen LogP contribution in [0.5, 0.6) is 0 Å². The zero-order valence-electron chi connectivity index (χ0n) is 11.3. The lowest BCUT2D eigenvalue weighted by atomic mass is 10.1. The Morgan fingerprint density at radius 1 is 1.33 bits per heavy atom. The quantitative estimate of drug-likeness (QED) is 0.605. The molecule has 0 saturated heterocycles. The predicted molar refractivity (Wildman–Crippen MR) is 68.4 cm³/mol. The molecule has 0 aliphatic heterocycles. The van der Waals surface area contributed by atoms with Crippen molar-refractivity contribution in [2.24, 2.45) is 5.92 Å². The predicted octanol–water partition coefficient (Wildman–Crippen LogP) is 0.900. The number of urea groups is 1. The van der Waals surface area contributed by atoms with E-state index in [1.54, 1.807) is 11.8 Å². The zero-order chi connectivity index (χ0) is 14.1. The summed E-state index contributed by atoms with van der Waals surface area (Å²) in [4.78, 5) is 24.3. The van der Waals surface area contributed by atoms with E-state index >= 15 is 0 Å². The van der Waals surface area contributed by atoms with Crippen molar-refractivity contribution in [3.8, 4) is 0 Å². The number of aliphatic carboxylic acids is 1. The first-order valence-corrected chi connectivity index (χ1v) is 6.32. The van der Waals surface area contributed by atoms with Crippen LogP contribution in [0.15, 0.2) is 0 Å². The van der Waals surface area contributed by atoms with Crippen LogP contribution in [0.3, 0.4) is 0 Å². The van der Waals surface area contributed by atoms with Gasteiger partial charge in [0, 0.05) is 25.7 Å². The van der Waals surface area contributed by atoms with Gasteiger partial charge in [-0.05, 0) is 26.7 Å². The van der Waals surface area contributed by atoms with Crippen LogP contribution >= 0.6 is 0 Å². The van der Waals surface area contributed by atoms with Crippen LogP contribution in [0.4, 0.5) is 4.79 Å². The van der Waals surface area contributed by atoms with Crippen molar-refractivity contribution in [3.05, 3.63) is 0 Å². The summed E-state index contributed by atoms with van der Waals surface area (Å²) >= 11 is 0. The molecule has 0 bridgehead atoms. The first-order valence-electron chi connectivity index (χ1n) is 6.32. The monoisotopic (exact) mass is 260 g/mol. The van der Waals surface area contributed by atoms with Crippen LogP contribution in [0.2, 0.25) is 0 Å². The van der Waals surface area contributed by atoms with Crippen molar-refractivity contribution in [2.45, 2.75) is 39.7 Å². The van der Waals surface area contributed by atoms with Crippen LogP contribution in [0.25, 0.3) is 0 Å². The third-order valence-electron chi connectivity index (χ3n) is 2.78. The fourth-order valence-electron chi connectivity index (χ4n) is 1.55. The lowest BCUT2D eigenvalue weighted by Gasteiger charge is -2.27.